The van der Waals surface area contributed by atoms with Crippen molar-refractivity contribution >= 4 is 11.7 Å². The maximum atomic E-state index is 13.4. The Morgan fingerprint density at radius 2 is 2.04 bits per heavy atom. The van der Waals surface area contributed by atoms with E-state index in [4.69, 9.17) is 5.73 Å². The van der Waals surface area contributed by atoms with Crippen LogP contribution in [0.2, 0.25) is 0 Å². The van der Waals surface area contributed by atoms with Crippen LogP contribution >= 0.6 is 0 Å². The number of hydrogen-bond donors (Lipinski definition) is 1. The minimum Gasteiger partial charge on any atom is -0.396 e. The number of nitrogens with two attached hydrogens (primary N) is 1. The van der Waals surface area contributed by atoms with Crippen molar-refractivity contribution in [3.63, 3.8) is 0 Å². The molecule has 4 nitrogen and oxygen atoms in total. The molecule has 1 spiro atoms. The zero-order valence-electron chi connectivity index (χ0n) is 13.9. The number of ketones is 1. The van der Waals surface area contributed by atoms with E-state index in [9.17, 15) is 14.0 Å². The van der Waals surface area contributed by atoms with Crippen LogP contribution in [0, 0.1) is 16.6 Å². The number of Topliss-reactive ketones (excluding diaryl/α,β-unsaturated/α-hetero) is 1. The molecule has 1 saturated heterocycles. The summed E-state index contributed by atoms with van der Waals surface area (Å²) in [6.07, 6.45) is 3.23. The topological polar surface area (TPSA) is 63.4 Å². The summed E-state index contributed by atoms with van der Waals surface area (Å²) in [6.45, 7) is 4.99. The van der Waals surface area contributed by atoms with Crippen molar-refractivity contribution in [2.24, 2.45) is 16.6 Å². The van der Waals surface area contributed by atoms with Gasteiger partial charge in [0.2, 0.25) is 5.91 Å². The summed E-state index contributed by atoms with van der Waals surface area (Å²) >= 11 is 0. The monoisotopic (exact) mass is 328 g/mol. The summed E-state index contributed by atoms with van der Waals surface area (Å²) in [5.74, 6) is -0.483. The lowest BCUT2D eigenvalue weighted by molar-refractivity contribution is -0.146. The number of halogens is 1. The van der Waals surface area contributed by atoms with Crippen molar-refractivity contribution in [1.29, 1.82) is 0 Å². The lowest BCUT2D eigenvalue weighted by Crippen LogP contribution is -2.62. The number of amides is 1. The van der Waals surface area contributed by atoms with Crippen molar-refractivity contribution in [2.45, 2.75) is 32.6 Å². The molecule has 3 aliphatic rings. The average molecular weight is 328 g/mol. The highest BCUT2D eigenvalue weighted by atomic mass is 19.1. The van der Waals surface area contributed by atoms with E-state index in [0.717, 1.165) is 11.1 Å². The van der Waals surface area contributed by atoms with Crippen molar-refractivity contribution in [2.75, 3.05) is 13.1 Å². The van der Waals surface area contributed by atoms with Gasteiger partial charge in [-0.05, 0) is 42.2 Å². The molecular formula is C19H21FN2O2. The summed E-state index contributed by atoms with van der Waals surface area (Å²) in [5.41, 5.74) is 7.41. The molecule has 2 N–H and O–H groups in total. The molecule has 1 fully saturated rings. The van der Waals surface area contributed by atoms with E-state index in [0.29, 0.717) is 31.6 Å². The SMILES string of the molecule is CC1(C)CC2(C=C(N)C1=O)CN(C(=O)C1Cc3ccc(F)cc31)C2. The molecule has 4 rings (SSSR count). The van der Waals surface area contributed by atoms with Crippen molar-refractivity contribution < 1.29 is 14.0 Å². The van der Waals surface area contributed by atoms with Crippen molar-refractivity contribution in [1.82, 2.24) is 4.90 Å². The number of rotatable bonds is 1. The van der Waals surface area contributed by atoms with Crippen LogP contribution in [0.5, 0.6) is 0 Å². The van der Waals surface area contributed by atoms with Gasteiger partial charge in [0, 0.05) is 23.9 Å². The molecule has 0 radical (unpaired) electrons. The largest absolute Gasteiger partial charge is 0.396 e. The Morgan fingerprint density at radius 1 is 1.33 bits per heavy atom. The molecule has 0 bridgehead atoms. The normalized spacial score (nSPS) is 26.3. The highest BCUT2D eigenvalue weighted by molar-refractivity contribution is 6.00. The molecule has 126 valence electrons. The Morgan fingerprint density at radius 3 is 2.71 bits per heavy atom. The third-order valence-corrected chi connectivity index (χ3v) is 5.66. The fraction of sp³-hybridized carbons (Fsp3) is 0.474. The van der Waals surface area contributed by atoms with Gasteiger partial charge >= 0.3 is 0 Å². The quantitative estimate of drug-likeness (QED) is 0.859. The van der Waals surface area contributed by atoms with Gasteiger partial charge in [-0.15, -0.1) is 0 Å². The number of nitrogens with zero attached hydrogens (tertiary/aromatic N) is 1. The molecule has 24 heavy (non-hydrogen) atoms. The fourth-order valence-electron chi connectivity index (χ4n) is 4.59. The Balaban J connectivity index is 1.49. The highest BCUT2D eigenvalue weighted by Gasteiger charge is 2.53. The zero-order valence-corrected chi connectivity index (χ0v) is 13.9. The number of likely N-dealkylation sites (tertiary alicyclic amines) is 1. The lowest BCUT2D eigenvalue weighted by atomic mass is 9.62. The molecule has 1 heterocycles. The number of carbonyl (C=O) groups is 2. The molecule has 1 aromatic rings. The minimum atomic E-state index is -0.486. The van der Waals surface area contributed by atoms with Gasteiger partial charge in [0.05, 0.1) is 11.6 Å². The van der Waals surface area contributed by atoms with Gasteiger partial charge in [0.15, 0.2) is 5.78 Å². The lowest BCUT2D eigenvalue weighted by Gasteiger charge is -2.54. The van der Waals surface area contributed by atoms with E-state index in [1.807, 2.05) is 24.8 Å². The molecule has 1 aliphatic heterocycles. The fourth-order valence-corrected chi connectivity index (χ4v) is 4.59. The van der Waals surface area contributed by atoms with Crippen LogP contribution in [-0.4, -0.2) is 29.7 Å². The second kappa shape index (κ2) is 4.68. The van der Waals surface area contributed by atoms with Gasteiger partial charge in [0.1, 0.15) is 5.82 Å². The summed E-state index contributed by atoms with van der Waals surface area (Å²) < 4.78 is 13.4. The standard InChI is InChI=1S/C19H21FN2O2/c1-18(2)8-19(7-15(21)16(18)23)9-22(10-19)17(24)14-5-11-3-4-12(20)6-13(11)14/h3-4,6-7,14H,5,8-10,21H2,1-2H3. The molecular weight excluding hydrogens is 307 g/mol. The van der Waals surface area contributed by atoms with E-state index in [-0.39, 0.29) is 28.8 Å². The first-order chi connectivity index (χ1) is 11.2. The first kappa shape index (κ1) is 15.4. The maximum Gasteiger partial charge on any atom is 0.230 e. The number of allylic oxidation sites excluding steroid dienone is 1. The van der Waals surface area contributed by atoms with E-state index >= 15 is 0 Å². The number of carbonyl (C=O) groups excluding carboxylic acids is 2. The summed E-state index contributed by atoms with van der Waals surface area (Å²) in [6, 6.07) is 4.66. The van der Waals surface area contributed by atoms with Crippen LogP contribution in [0.3, 0.4) is 0 Å². The molecule has 2 aliphatic carbocycles. The van der Waals surface area contributed by atoms with Crippen molar-refractivity contribution in [3.05, 3.63) is 46.9 Å². The predicted molar refractivity (Wildman–Crippen MR) is 87.5 cm³/mol. The van der Waals surface area contributed by atoms with Crippen LogP contribution in [0.15, 0.2) is 30.0 Å². The summed E-state index contributed by atoms with van der Waals surface area (Å²) in [4.78, 5) is 26.6. The molecule has 1 unspecified atom stereocenters. The Hall–Kier alpha value is -2.17. The van der Waals surface area contributed by atoms with Gasteiger partial charge in [-0.3, -0.25) is 9.59 Å². The van der Waals surface area contributed by atoms with Crippen LogP contribution in [-0.2, 0) is 16.0 Å². The van der Waals surface area contributed by atoms with E-state index in [2.05, 4.69) is 0 Å². The van der Waals surface area contributed by atoms with Gasteiger partial charge in [-0.25, -0.2) is 4.39 Å². The average Bonchev–Trinajstić information content (AvgIpc) is 2.45. The van der Waals surface area contributed by atoms with Gasteiger partial charge in [-0.1, -0.05) is 19.9 Å². The smallest absolute Gasteiger partial charge is 0.230 e. The molecule has 5 heteroatoms. The van der Waals surface area contributed by atoms with Crippen LogP contribution in [0.1, 0.15) is 37.3 Å². The van der Waals surface area contributed by atoms with Crippen molar-refractivity contribution in [3.8, 4) is 0 Å². The minimum absolute atomic E-state index is 0.0127. The van der Waals surface area contributed by atoms with Crippen LogP contribution < -0.4 is 5.73 Å². The number of benzene rings is 1. The van der Waals surface area contributed by atoms with E-state index in [1.165, 1.54) is 12.1 Å². The van der Waals surface area contributed by atoms with Crippen LogP contribution in [0.4, 0.5) is 4.39 Å². The molecule has 1 aromatic carbocycles. The Labute approximate surface area is 140 Å². The third kappa shape index (κ3) is 2.10. The second-order valence-electron chi connectivity index (χ2n) is 8.15. The zero-order chi connectivity index (χ0) is 17.3. The molecule has 0 saturated carbocycles. The first-order valence-electron chi connectivity index (χ1n) is 8.31. The summed E-state index contributed by atoms with van der Waals surface area (Å²) in [7, 11) is 0. The van der Waals surface area contributed by atoms with E-state index in [1.54, 1.807) is 6.07 Å². The van der Waals surface area contributed by atoms with Crippen LogP contribution in [0.25, 0.3) is 0 Å². The maximum absolute atomic E-state index is 13.4. The first-order valence-corrected chi connectivity index (χ1v) is 8.31. The highest BCUT2D eigenvalue weighted by Crippen LogP contribution is 2.48. The second-order valence-corrected chi connectivity index (χ2v) is 8.15. The third-order valence-electron chi connectivity index (χ3n) is 5.66. The number of fused-ring (bicyclic) bond motifs is 1. The Bertz CT molecular complexity index is 791. The molecule has 0 aromatic heterocycles. The van der Waals surface area contributed by atoms with E-state index < -0.39 is 5.41 Å². The van der Waals surface area contributed by atoms with Gasteiger partial charge in [-0.2, -0.15) is 0 Å². The molecule has 1 atom stereocenters. The summed E-state index contributed by atoms with van der Waals surface area (Å²) in [5, 5.41) is 0. The molecule has 1 amide bonds. The van der Waals surface area contributed by atoms with Gasteiger partial charge < -0.3 is 10.6 Å². The Kier molecular flexibility index (Phi) is 3.00. The van der Waals surface area contributed by atoms with Gasteiger partial charge in [0.25, 0.3) is 0 Å². The number of hydrogen-bond acceptors (Lipinski definition) is 3. The predicted octanol–water partition coefficient (Wildman–Crippen LogP) is 2.14.